The van der Waals surface area contributed by atoms with Gasteiger partial charge in [0.15, 0.2) is 0 Å². The highest BCUT2D eigenvalue weighted by Crippen LogP contribution is 2.14. The second kappa shape index (κ2) is 7.46. The number of aliphatic hydroxyl groups is 1. The molecule has 1 atom stereocenters. The number of amides is 2. The molecule has 0 bridgehead atoms. The molecule has 22 heavy (non-hydrogen) atoms. The maximum Gasteiger partial charge on any atom is 0.315 e. The number of aromatic nitrogens is 2. The minimum Gasteiger partial charge on any atom is -0.497 e. The van der Waals surface area contributed by atoms with Gasteiger partial charge in [0.1, 0.15) is 5.75 Å². The van der Waals surface area contributed by atoms with Gasteiger partial charge in [-0.25, -0.2) is 9.48 Å². The zero-order chi connectivity index (χ0) is 15.9. The van der Waals surface area contributed by atoms with Crippen molar-refractivity contribution in [3.05, 3.63) is 42.2 Å². The summed E-state index contributed by atoms with van der Waals surface area (Å²) in [6.45, 7) is 2.14. The van der Waals surface area contributed by atoms with Gasteiger partial charge in [0.2, 0.25) is 0 Å². The van der Waals surface area contributed by atoms with Crippen LogP contribution in [0.2, 0.25) is 0 Å². The first kappa shape index (κ1) is 15.8. The third-order valence-electron chi connectivity index (χ3n) is 2.97. The van der Waals surface area contributed by atoms with Crippen LogP contribution in [0.1, 0.15) is 12.6 Å². The summed E-state index contributed by atoms with van der Waals surface area (Å²) in [5, 5.41) is 18.7. The third kappa shape index (κ3) is 4.49. The number of hydrogen-bond donors (Lipinski definition) is 3. The predicted molar refractivity (Wildman–Crippen MR) is 82.0 cm³/mol. The van der Waals surface area contributed by atoms with E-state index < -0.39 is 6.10 Å². The van der Waals surface area contributed by atoms with Gasteiger partial charge in [0.05, 0.1) is 31.1 Å². The van der Waals surface area contributed by atoms with E-state index in [-0.39, 0.29) is 12.6 Å². The molecule has 1 aromatic heterocycles. The number of carbonyl (C=O) groups is 1. The highest BCUT2D eigenvalue weighted by atomic mass is 16.5. The lowest BCUT2D eigenvalue weighted by molar-refractivity contribution is 0.187. The van der Waals surface area contributed by atoms with Crippen LogP contribution in [0.15, 0.2) is 36.5 Å². The molecule has 2 amide bonds. The van der Waals surface area contributed by atoms with Crippen LogP contribution in [-0.2, 0) is 6.54 Å². The zero-order valence-corrected chi connectivity index (χ0v) is 12.6. The number of nitrogens with zero attached hydrogens (tertiary/aromatic N) is 2. The Morgan fingerprint density at radius 2 is 2.05 bits per heavy atom. The highest BCUT2D eigenvalue weighted by Gasteiger charge is 2.05. The van der Waals surface area contributed by atoms with Crippen molar-refractivity contribution >= 4 is 6.03 Å². The average molecular weight is 304 g/mol. The minimum absolute atomic E-state index is 0.214. The first-order valence-electron chi connectivity index (χ1n) is 6.97. The summed E-state index contributed by atoms with van der Waals surface area (Å²) in [4.78, 5) is 11.5. The number of rotatable bonds is 6. The van der Waals surface area contributed by atoms with E-state index in [0.29, 0.717) is 6.54 Å². The molecule has 0 aliphatic carbocycles. The van der Waals surface area contributed by atoms with Gasteiger partial charge in [0, 0.05) is 12.7 Å². The Balaban J connectivity index is 1.89. The molecule has 0 aliphatic rings. The van der Waals surface area contributed by atoms with Gasteiger partial charge in [-0.3, -0.25) is 0 Å². The Labute approximate surface area is 128 Å². The predicted octanol–water partition coefficient (Wildman–Crippen LogP) is 1.06. The lowest BCUT2D eigenvalue weighted by Crippen LogP contribution is -2.38. The largest absolute Gasteiger partial charge is 0.497 e. The molecule has 1 unspecified atom stereocenters. The summed E-state index contributed by atoms with van der Waals surface area (Å²) < 4.78 is 6.84. The number of methoxy groups -OCH3 is 1. The molecule has 3 N–H and O–H groups in total. The number of ether oxygens (including phenoxy) is 1. The molecule has 1 heterocycles. The van der Waals surface area contributed by atoms with E-state index >= 15 is 0 Å². The van der Waals surface area contributed by atoms with Gasteiger partial charge in [-0.05, 0) is 37.3 Å². The van der Waals surface area contributed by atoms with Crippen LogP contribution >= 0.6 is 0 Å². The van der Waals surface area contributed by atoms with Gasteiger partial charge in [-0.1, -0.05) is 0 Å². The topological polar surface area (TPSA) is 88.4 Å². The summed E-state index contributed by atoms with van der Waals surface area (Å²) in [6, 6.07) is 9.02. The Kier molecular flexibility index (Phi) is 5.37. The molecule has 0 saturated carbocycles. The summed E-state index contributed by atoms with van der Waals surface area (Å²) in [7, 11) is 1.62. The number of urea groups is 1. The molecule has 0 aliphatic heterocycles. The van der Waals surface area contributed by atoms with Crippen LogP contribution in [0.4, 0.5) is 4.79 Å². The fourth-order valence-electron chi connectivity index (χ4n) is 1.81. The van der Waals surface area contributed by atoms with Crippen LogP contribution < -0.4 is 15.4 Å². The van der Waals surface area contributed by atoms with Crippen molar-refractivity contribution < 1.29 is 14.6 Å². The van der Waals surface area contributed by atoms with Gasteiger partial charge < -0.3 is 20.5 Å². The molecule has 0 saturated heterocycles. The summed E-state index contributed by atoms with van der Waals surface area (Å²) in [5.74, 6) is 0.785. The number of nitrogens with one attached hydrogen (secondary N) is 2. The molecule has 7 heteroatoms. The number of hydrogen-bond acceptors (Lipinski definition) is 4. The monoisotopic (exact) mass is 304 g/mol. The van der Waals surface area contributed by atoms with Crippen molar-refractivity contribution in [1.29, 1.82) is 0 Å². The molecule has 2 aromatic rings. The molecular formula is C15H20N4O3. The summed E-state index contributed by atoms with van der Waals surface area (Å²) in [5.41, 5.74) is 1.65. The van der Waals surface area contributed by atoms with E-state index in [2.05, 4.69) is 15.7 Å². The van der Waals surface area contributed by atoms with Gasteiger partial charge in [0.25, 0.3) is 0 Å². The van der Waals surface area contributed by atoms with Crippen LogP contribution in [0, 0.1) is 0 Å². The Morgan fingerprint density at radius 1 is 1.32 bits per heavy atom. The minimum atomic E-state index is -0.569. The van der Waals surface area contributed by atoms with E-state index in [0.717, 1.165) is 17.1 Å². The molecule has 2 rings (SSSR count). The molecule has 118 valence electrons. The van der Waals surface area contributed by atoms with E-state index in [1.165, 1.54) is 0 Å². The van der Waals surface area contributed by atoms with Crippen LogP contribution in [0.3, 0.4) is 0 Å². The molecule has 0 fully saturated rings. The van der Waals surface area contributed by atoms with E-state index in [9.17, 15) is 4.79 Å². The van der Waals surface area contributed by atoms with Crippen molar-refractivity contribution in [1.82, 2.24) is 20.4 Å². The summed E-state index contributed by atoms with van der Waals surface area (Å²) >= 11 is 0. The highest BCUT2D eigenvalue weighted by molar-refractivity contribution is 5.73. The van der Waals surface area contributed by atoms with Crippen LogP contribution in [0.5, 0.6) is 5.75 Å². The standard InChI is InChI=1S/C15H20N4O3/c1-11(20)9-16-15(21)17-10-12-7-8-19(18-12)13-3-5-14(22-2)6-4-13/h3-8,11,20H,9-10H2,1-2H3,(H2,16,17,21). The number of aliphatic hydroxyl groups excluding tert-OH is 1. The van der Waals surface area contributed by atoms with Crippen molar-refractivity contribution in [3.63, 3.8) is 0 Å². The van der Waals surface area contributed by atoms with E-state index in [1.807, 2.05) is 36.5 Å². The second-order valence-electron chi connectivity index (χ2n) is 4.86. The van der Waals surface area contributed by atoms with Gasteiger partial charge >= 0.3 is 6.03 Å². The molecule has 0 radical (unpaired) electrons. The molecule has 7 nitrogen and oxygen atoms in total. The smallest absolute Gasteiger partial charge is 0.315 e. The second-order valence-corrected chi connectivity index (χ2v) is 4.86. The number of benzene rings is 1. The van der Waals surface area contributed by atoms with Crippen LogP contribution in [0.25, 0.3) is 5.69 Å². The quantitative estimate of drug-likeness (QED) is 0.744. The van der Waals surface area contributed by atoms with E-state index in [4.69, 9.17) is 9.84 Å². The Morgan fingerprint density at radius 3 is 2.68 bits per heavy atom. The first-order valence-corrected chi connectivity index (χ1v) is 6.97. The first-order chi connectivity index (χ1) is 10.6. The molecular weight excluding hydrogens is 284 g/mol. The SMILES string of the molecule is COc1ccc(-n2ccc(CNC(=O)NCC(C)O)n2)cc1. The zero-order valence-electron chi connectivity index (χ0n) is 12.6. The maximum atomic E-state index is 11.5. The van der Waals surface area contributed by atoms with Gasteiger partial charge in [-0.15, -0.1) is 0 Å². The fraction of sp³-hybridized carbons (Fsp3) is 0.333. The fourth-order valence-corrected chi connectivity index (χ4v) is 1.81. The lowest BCUT2D eigenvalue weighted by Gasteiger charge is -2.07. The maximum absolute atomic E-state index is 11.5. The lowest BCUT2D eigenvalue weighted by atomic mass is 10.3. The van der Waals surface area contributed by atoms with Crippen LogP contribution in [-0.4, -0.2) is 40.7 Å². The van der Waals surface area contributed by atoms with Crippen molar-refractivity contribution in [3.8, 4) is 11.4 Å². The van der Waals surface area contributed by atoms with Crippen molar-refractivity contribution in [2.75, 3.05) is 13.7 Å². The normalized spacial score (nSPS) is 11.8. The number of carbonyl (C=O) groups excluding carboxylic acids is 1. The molecule has 1 aromatic carbocycles. The average Bonchev–Trinajstić information content (AvgIpc) is 3.00. The third-order valence-corrected chi connectivity index (χ3v) is 2.97. The van der Waals surface area contributed by atoms with Crippen molar-refractivity contribution in [2.45, 2.75) is 19.6 Å². The Hall–Kier alpha value is -2.54. The summed E-state index contributed by atoms with van der Waals surface area (Å²) in [6.07, 6.45) is 1.26. The van der Waals surface area contributed by atoms with Gasteiger partial charge in [-0.2, -0.15) is 5.10 Å². The van der Waals surface area contributed by atoms with Crippen molar-refractivity contribution in [2.24, 2.45) is 0 Å². The Bertz CT molecular complexity index is 608. The van der Waals surface area contributed by atoms with E-state index in [1.54, 1.807) is 18.7 Å². The molecule has 0 spiro atoms.